The summed E-state index contributed by atoms with van der Waals surface area (Å²) >= 11 is 0. The predicted octanol–water partition coefficient (Wildman–Crippen LogP) is 0.295. The van der Waals surface area contributed by atoms with E-state index in [0.29, 0.717) is 0 Å². The van der Waals surface area contributed by atoms with Crippen LogP contribution in [-0.2, 0) is 21.7 Å². The third kappa shape index (κ3) is 6.80. The van der Waals surface area contributed by atoms with Crippen LogP contribution in [0, 0.1) is 14.9 Å². The molecule has 3 heteroatoms. The van der Waals surface area contributed by atoms with E-state index in [2.05, 4.69) is 24.3 Å². The fourth-order valence-corrected chi connectivity index (χ4v) is 1.75. The minimum Gasteiger partial charge on any atom is -0.358 e. The van der Waals surface area contributed by atoms with Gasteiger partial charge in [0.2, 0.25) is 0 Å². The van der Waals surface area contributed by atoms with Crippen LogP contribution in [0.1, 0.15) is 0 Å². The second-order valence-electron chi connectivity index (χ2n) is 2.02. The van der Waals surface area contributed by atoms with E-state index < -0.39 is 0 Å². The molecule has 12 heavy (non-hydrogen) atoms. The molecular weight excluding hydrogens is 198 g/mol. The minimum atomic E-state index is -0.123. The standard InChI is InChI=1S/C7H11NSi.2CH3.Ti/c8-6-9-7-4-2-1-3-5-7;;;/h1-5H,6,8-9H2;2*1H3;/q;2*-1;+2. The van der Waals surface area contributed by atoms with Crippen molar-refractivity contribution < 1.29 is 21.7 Å². The average Bonchev–Trinajstić information content (AvgIpc) is 1.91. The van der Waals surface area contributed by atoms with Gasteiger partial charge >= 0.3 is 21.7 Å². The monoisotopic (exact) mass is 215 g/mol. The third-order valence-electron chi connectivity index (χ3n) is 1.28. The molecule has 0 aliphatic heterocycles. The Morgan fingerprint density at radius 1 is 1.08 bits per heavy atom. The van der Waals surface area contributed by atoms with Crippen molar-refractivity contribution in [3.8, 4) is 0 Å². The van der Waals surface area contributed by atoms with Crippen LogP contribution in [0.5, 0.6) is 0 Å². The molecule has 0 spiro atoms. The number of hydrogen-bond acceptors (Lipinski definition) is 1. The Kier molecular flexibility index (Phi) is 16.7. The van der Waals surface area contributed by atoms with Crippen LogP contribution >= 0.6 is 0 Å². The molecule has 0 aliphatic carbocycles. The van der Waals surface area contributed by atoms with Gasteiger partial charge in [0, 0.05) is 0 Å². The summed E-state index contributed by atoms with van der Waals surface area (Å²) in [5, 5.41) is 1.46. The van der Waals surface area contributed by atoms with Gasteiger partial charge in [0.25, 0.3) is 0 Å². The van der Waals surface area contributed by atoms with Gasteiger partial charge < -0.3 is 20.6 Å². The molecule has 0 aromatic heterocycles. The Labute approximate surface area is 93.5 Å². The maximum Gasteiger partial charge on any atom is 2.00 e. The summed E-state index contributed by atoms with van der Waals surface area (Å²) in [7, 11) is -0.123. The third-order valence-corrected chi connectivity index (χ3v) is 2.61. The predicted molar refractivity (Wildman–Crippen MR) is 56.5 cm³/mol. The normalized spacial score (nSPS) is 8.08. The summed E-state index contributed by atoms with van der Waals surface area (Å²) in [5.74, 6) is 0. The van der Waals surface area contributed by atoms with Gasteiger partial charge in [-0.2, -0.15) is 0 Å². The molecule has 0 atom stereocenters. The van der Waals surface area contributed by atoms with Gasteiger partial charge in [-0.3, -0.25) is 0 Å². The molecule has 1 aromatic carbocycles. The molecule has 0 unspecified atom stereocenters. The molecule has 0 saturated carbocycles. The maximum atomic E-state index is 5.42. The van der Waals surface area contributed by atoms with Gasteiger partial charge in [-0.25, -0.2) is 0 Å². The van der Waals surface area contributed by atoms with E-state index in [1.165, 1.54) is 5.19 Å². The summed E-state index contributed by atoms with van der Waals surface area (Å²) in [4.78, 5) is 0. The minimum absolute atomic E-state index is 0. The number of nitrogens with two attached hydrogens (primary N) is 1. The smallest absolute Gasteiger partial charge is 0.358 e. The van der Waals surface area contributed by atoms with Crippen LogP contribution < -0.4 is 10.9 Å². The van der Waals surface area contributed by atoms with Crippen molar-refractivity contribution in [2.75, 3.05) is 6.17 Å². The van der Waals surface area contributed by atoms with Crippen LogP contribution in [0.4, 0.5) is 0 Å². The molecule has 1 aromatic rings. The van der Waals surface area contributed by atoms with Crippen molar-refractivity contribution in [3.05, 3.63) is 45.2 Å². The molecule has 0 radical (unpaired) electrons. The van der Waals surface area contributed by atoms with Crippen LogP contribution in [-0.4, -0.2) is 15.7 Å². The Bertz CT molecular complexity index is 167. The SMILES string of the molecule is NC[SiH2]c1ccccc1.[CH3-].[CH3-].[Ti+2]. The van der Waals surface area contributed by atoms with Crippen molar-refractivity contribution in [2.45, 2.75) is 0 Å². The van der Waals surface area contributed by atoms with Crippen molar-refractivity contribution in [1.29, 1.82) is 0 Å². The number of rotatable bonds is 2. The second kappa shape index (κ2) is 11.1. The summed E-state index contributed by atoms with van der Waals surface area (Å²) < 4.78 is 0. The summed E-state index contributed by atoms with van der Waals surface area (Å²) in [6.07, 6.45) is 0.879. The Morgan fingerprint density at radius 2 is 1.58 bits per heavy atom. The van der Waals surface area contributed by atoms with Crippen molar-refractivity contribution in [3.63, 3.8) is 0 Å². The van der Waals surface area contributed by atoms with Gasteiger partial charge in [-0.1, -0.05) is 35.5 Å². The first-order valence-electron chi connectivity index (χ1n) is 3.17. The number of hydrogen-bond donors (Lipinski definition) is 1. The molecule has 0 heterocycles. The second-order valence-corrected chi connectivity index (χ2v) is 3.92. The number of benzene rings is 1. The van der Waals surface area contributed by atoms with Crippen LogP contribution in [0.2, 0.25) is 0 Å². The van der Waals surface area contributed by atoms with Crippen molar-refractivity contribution >= 4 is 14.7 Å². The Balaban J connectivity index is -0.000000270. The maximum absolute atomic E-state index is 5.42. The van der Waals surface area contributed by atoms with Crippen LogP contribution in [0.15, 0.2) is 30.3 Å². The molecule has 0 fully saturated rings. The quantitative estimate of drug-likeness (QED) is 0.557. The van der Waals surface area contributed by atoms with Gasteiger partial charge in [0.05, 0.1) is 9.52 Å². The molecule has 0 saturated heterocycles. The van der Waals surface area contributed by atoms with E-state index in [1.54, 1.807) is 0 Å². The zero-order valence-corrected chi connectivity index (χ0v) is 10.9. The molecule has 0 bridgehead atoms. The van der Waals surface area contributed by atoms with E-state index in [-0.39, 0.29) is 46.1 Å². The molecule has 0 amide bonds. The largest absolute Gasteiger partial charge is 2.00 e. The molecule has 0 aliphatic rings. The summed E-state index contributed by atoms with van der Waals surface area (Å²) in [6.45, 7) is 0. The van der Waals surface area contributed by atoms with Crippen molar-refractivity contribution in [1.82, 2.24) is 0 Å². The van der Waals surface area contributed by atoms with E-state index in [9.17, 15) is 0 Å². The molecule has 66 valence electrons. The summed E-state index contributed by atoms with van der Waals surface area (Å²) in [5.41, 5.74) is 5.42. The van der Waals surface area contributed by atoms with E-state index >= 15 is 0 Å². The molecule has 1 rings (SSSR count). The molecular formula is C9H17NSiTi. The van der Waals surface area contributed by atoms with Gasteiger partial charge in [-0.05, 0) is 6.17 Å². The zero-order valence-electron chi connectivity index (χ0n) is 7.88. The Morgan fingerprint density at radius 3 is 2.00 bits per heavy atom. The van der Waals surface area contributed by atoms with Gasteiger partial charge in [0.1, 0.15) is 0 Å². The Hall–Kier alpha value is 0.111. The topological polar surface area (TPSA) is 26.0 Å². The van der Waals surface area contributed by atoms with Crippen LogP contribution in [0.25, 0.3) is 0 Å². The van der Waals surface area contributed by atoms with Crippen LogP contribution in [0.3, 0.4) is 0 Å². The zero-order chi connectivity index (χ0) is 6.53. The van der Waals surface area contributed by atoms with E-state index in [0.717, 1.165) is 6.17 Å². The average molecular weight is 215 g/mol. The first-order valence-corrected chi connectivity index (χ1v) is 4.88. The van der Waals surface area contributed by atoms with E-state index in [4.69, 9.17) is 5.73 Å². The summed E-state index contributed by atoms with van der Waals surface area (Å²) in [6, 6.07) is 10.5. The first-order chi connectivity index (χ1) is 4.43. The van der Waals surface area contributed by atoms with Gasteiger partial charge in [0.15, 0.2) is 0 Å². The fraction of sp³-hybridized carbons (Fsp3) is 0.111. The molecule has 1 nitrogen and oxygen atoms in total. The van der Waals surface area contributed by atoms with Crippen molar-refractivity contribution in [2.24, 2.45) is 5.73 Å². The van der Waals surface area contributed by atoms with E-state index in [1.807, 2.05) is 6.07 Å². The fourth-order valence-electron chi connectivity index (χ4n) is 0.811. The molecule has 2 N–H and O–H groups in total. The van der Waals surface area contributed by atoms with Gasteiger partial charge in [-0.15, -0.1) is 0 Å². The first kappa shape index (κ1) is 18.0.